The fraction of sp³-hybridized carbons (Fsp3) is 0.960. The van der Waals surface area contributed by atoms with E-state index < -0.39 is 25.1 Å². The summed E-state index contributed by atoms with van der Waals surface area (Å²) in [6.45, 7) is 2.99. The van der Waals surface area contributed by atoms with Gasteiger partial charge in [0.25, 0.3) is 0 Å². The average Bonchev–Trinajstić information content (AvgIpc) is 3.46. The molecule has 0 aromatic heterocycles. The molecule has 1 N–H and O–H groups in total. The van der Waals surface area contributed by atoms with Crippen molar-refractivity contribution in [1.29, 1.82) is 0 Å². The molecular weight excluding hydrogens is 494 g/mol. The van der Waals surface area contributed by atoms with Crippen molar-refractivity contribution in [2.24, 2.45) is 34.0 Å². The Morgan fingerprint density at radius 2 is 1.76 bits per heavy atom. The van der Waals surface area contributed by atoms with Gasteiger partial charge in [-0.2, -0.15) is 18.3 Å². The van der Waals surface area contributed by atoms with Crippen molar-refractivity contribution in [3.8, 4) is 0 Å². The first-order chi connectivity index (χ1) is 17.7. The minimum Gasteiger partial charge on any atom is -0.366 e. The summed E-state index contributed by atoms with van der Waals surface area (Å²) in [6, 6.07) is 0.436. The SMILES string of the molecule is O=C(C1CCC2N=NNC2C1)N1CC2CCN(COCC3CCC(OCC(F)(F)F)C(F)C3)CCC2C1. The second-order valence-electron chi connectivity index (χ2n) is 11.6. The minimum atomic E-state index is -4.43. The maximum Gasteiger partial charge on any atom is 0.411 e. The van der Waals surface area contributed by atoms with Crippen molar-refractivity contribution in [3.63, 3.8) is 0 Å². The Kier molecular flexibility index (Phi) is 8.55. The predicted octanol–water partition coefficient (Wildman–Crippen LogP) is 3.72. The van der Waals surface area contributed by atoms with Crippen LogP contribution in [-0.4, -0.2) is 92.4 Å². The number of amides is 1. The topological polar surface area (TPSA) is 78.8 Å². The number of carbonyl (C=O) groups excluding carboxylic acids is 1. The molecule has 0 aromatic rings. The highest BCUT2D eigenvalue weighted by molar-refractivity contribution is 5.79. The number of rotatable bonds is 7. The highest BCUT2D eigenvalue weighted by Gasteiger charge is 2.42. The van der Waals surface area contributed by atoms with Gasteiger partial charge in [0.15, 0.2) is 0 Å². The third kappa shape index (κ3) is 6.92. The van der Waals surface area contributed by atoms with E-state index in [-0.39, 0.29) is 36.8 Å². The third-order valence-corrected chi connectivity index (χ3v) is 9.02. The van der Waals surface area contributed by atoms with Gasteiger partial charge in [0.2, 0.25) is 5.91 Å². The van der Waals surface area contributed by atoms with Gasteiger partial charge in [-0.05, 0) is 69.1 Å². The summed E-state index contributed by atoms with van der Waals surface area (Å²) in [5.74, 6) is 1.40. The zero-order chi connectivity index (χ0) is 26.0. The molecule has 4 fully saturated rings. The lowest BCUT2D eigenvalue weighted by Crippen LogP contribution is -2.43. The Labute approximate surface area is 215 Å². The Morgan fingerprint density at radius 3 is 2.46 bits per heavy atom. The lowest BCUT2D eigenvalue weighted by atomic mass is 9.82. The van der Waals surface area contributed by atoms with Crippen molar-refractivity contribution in [2.75, 3.05) is 46.1 Å². The molecular formula is C25H39F4N5O3. The van der Waals surface area contributed by atoms with E-state index in [4.69, 9.17) is 9.47 Å². The van der Waals surface area contributed by atoms with Crippen LogP contribution in [0.25, 0.3) is 0 Å². The van der Waals surface area contributed by atoms with E-state index in [0.29, 0.717) is 37.5 Å². The van der Waals surface area contributed by atoms with Gasteiger partial charge >= 0.3 is 6.18 Å². The number of fused-ring (bicyclic) bond motifs is 2. The van der Waals surface area contributed by atoms with E-state index in [0.717, 1.165) is 58.3 Å². The zero-order valence-electron chi connectivity index (χ0n) is 21.3. The molecule has 2 aliphatic carbocycles. The first kappa shape index (κ1) is 27.1. The molecule has 3 aliphatic heterocycles. The van der Waals surface area contributed by atoms with Crippen molar-refractivity contribution in [2.45, 2.75) is 81.9 Å². The first-order valence-electron chi connectivity index (χ1n) is 13.8. The van der Waals surface area contributed by atoms with E-state index in [9.17, 15) is 22.4 Å². The molecule has 2 saturated carbocycles. The van der Waals surface area contributed by atoms with E-state index in [2.05, 4.69) is 25.6 Å². The van der Waals surface area contributed by atoms with Crippen molar-refractivity contribution >= 4 is 5.91 Å². The van der Waals surface area contributed by atoms with Crippen LogP contribution in [-0.2, 0) is 14.3 Å². The molecule has 8 nitrogen and oxygen atoms in total. The molecule has 5 aliphatic rings. The van der Waals surface area contributed by atoms with Gasteiger partial charge in [-0.1, -0.05) is 5.22 Å². The molecule has 0 spiro atoms. The quantitative estimate of drug-likeness (QED) is 0.505. The molecule has 1 amide bonds. The number of halogens is 4. The molecule has 0 bridgehead atoms. The molecule has 12 heteroatoms. The maximum atomic E-state index is 14.3. The van der Waals surface area contributed by atoms with Crippen LogP contribution >= 0.6 is 0 Å². The Morgan fingerprint density at radius 1 is 1.00 bits per heavy atom. The molecule has 0 radical (unpaired) electrons. The number of alkyl halides is 4. The average molecular weight is 534 g/mol. The van der Waals surface area contributed by atoms with Crippen LogP contribution in [0.3, 0.4) is 0 Å². The summed E-state index contributed by atoms with van der Waals surface area (Å²) in [5.41, 5.74) is 3.06. The predicted molar refractivity (Wildman–Crippen MR) is 126 cm³/mol. The Hall–Kier alpha value is -1.53. The molecule has 37 heavy (non-hydrogen) atoms. The maximum absolute atomic E-state index is 14.3. The molecule has 3 heterocycles. The Bertz CT molecular complexity index is 802. The second-order valence-corrected chi connectivity index (χ2v) is 11.6. The summed E-state index contributed by atoms with van der Waals surface area (Å²) in [4.78, 5) is 17.6. The lowest BCUT2D eigenvalue weighted by molar-refractivity contribution is -0.196. The Balaban J connectivity index is 0.985. The number of ether oxygens (including phenoxy) is 2. The lowest BCUT2D eigenvalue weighted by Gasteiger charge is -2.32. The first-order valence-corrected chi connectivity index (χ1v) is 13.8. The number of nitrogens with zero attached hydrogens (tertiary/aromatic N) is 4. The van der Waals surface area contributed by atoms with Gasteiger partial charge in [0.05, 0.1) is 31.5 Å². The van der Waals surface area contributed by atoms with Crippen LogP contribution in [0.4, 0.5) is 17.6 Å². The van der Waals surface area contributed by atoms with E-state index >= 15 is 0 Å². The van der Waals surface area contributed by atoms with Gasteiger partial charge in [-0.15, -0.1) is 0 Å². The highest BCUT2D eigenvalue weighted by atomic mass is 19.4. The number of hydrogen-bond donors (Lipinski definition) is 1. The standard InChI is InChI=1S/C25H39F4N5O3/c26-20-9-16(1-4-23(20)37-14-25(27,28)29)13-36-15-33-7-5-18-11-34(12-19(18)6-8-33)24(35)17-2-3-21-22(10-17)31-32-30-21/h16-23H,1-15H2,(H,30,31). The zero-order valence-corrected chi connectivity index (χ0v) is 21.3. The number of nitrogens with one attached hydrogen (secondary N) is 1. The number of hydrogen-bond acceptors (Lipinski definition) is 7. The van der Waals surface area contributed by atoms with Crippen molar-refractivity contribution < 1.29 is 31.8 Å². The van der Waals surface area contributed by atoms with Gasteiger partial charge in [0, 0.05) is 32.1 Å². The summed E-state index contributed by atoms with van der Waals surface area (Å²) in [7, 11) is 0. The van der Waals surface area contributed by atoms with Crippen LogP contribution in [0.1, 0.15) is 51.4 Å². The number of likely N-dealkylation sites (tertiary alicyclic amines) is 2. The van der Waals surface area contributed by atoms with Gasteiger partial charge in [-0.25, -0.2) is 4.39 Å². The third-order valence-electron chi connectivity index (χ3n) is 9.02. The van der Waals surface area contributed by atoms with E-state index in [1.807, 2.05) is 0 Å². The summed E-state index contributed by atoms with van der Waals surface area (Å²) < 4.78 is 62.0. The van der Waals surface area contributed by atoms with Gasteiger partial charge in [-0.3, -0.25) is 15.1 Å². The number of carbonyl (C=O) groups is 1. The molecule has 0 aromatic carbocycles. The van der Waals surface area contributed by atoms with Crippen LogP contribution < -0.4 is 5.43 Å². The van der Waals surface area contributed by atoms with E-state index in [1.165, 1.54) is 0 Å². The van der Waals surface area contributed by atoms with Gasteiger partial charge in [0.1, 0.15) is 12.8 Å². The molecule has 8 atom stereocenters. The fourth-order valence-electron chi connectivity index (χ4n) is 6.86. The summed E-state index contributed by atoms with van der Waals surface area (Å²) in [6.07, 6.45) is -1.03. The largest absolute Gasteiger partial charge is 0.411 e. The van der Waals surface area contributed by atoms with Crippen molar-refractivity contribution in [3.05, 3.63) is 0 Å². The molecule has 8 unspecified atom stereocenters. The van der Waals surface area contributed by atoms with E-state index in [1.54, 1.807) is 0 Å². The van der Waals surface area contributed by atoms with Crippen molar-refractivity contribution in [1.82, 2.24) is 15.2 Å². The summed E-state index contributed by atoms with van der Waals surface area (Å²) >= 11 is 0. The van der Waals surface area contributed by atoms with Crippen LogP contribution in [0.5, 0.6) is 0 Å². The monoisotopic (exact) mass is 533 g/mol. The highest BCUT2D eigenvalue weighted by Crippen LogP contribution is 2.36. The normalized spacial score (nSPS) is 38.6. The fourth-order valence-corrected chi connectivity index (χ4v) is 6.86. The van der Waals surface area contributed by atoms with Gasteiger partial charge < -0.3 is 14.4 Å². The molecule has 5 rings (SSSR count). The van der Waals surface area contributed by atoms with Crippen LogP contribution in [0, 0.1) is 23.7 Å². The van der Waals surface area contributed by atoms with Crippen LogP contribution in [0.2, 0.25) is 0 Å². The smallest absolute Gasteiger partial charge is 0.366 e. The second kappa shape index (κ2) is 11.7. The molecule has 210 valence electrons. The molecule has 2 saturated heterocycles. The van der Waals surface area contributed by atoms with Crippen LogP contribution in [0.15, 0.2) is 10.3 Å². The minimum absolute atomic E-state index is 0.00325. The summed E-state index contributed by atoms with van der Waals surface area (Å²) in [5, 5.41) is 8.15.